The first-order chi connectivity index (χ1) is 8.16. The SMILES string of the molecule is CC(O)c1cc(F)ccc1SCc1ccco1. The van der Waals surface area contributed by atoms with E-state index in [9.17, 15) is 9.50 Å². The molecule has 2 aromatic rings. The number of aliphatic hydroxyl groups excluding tert-OH is 1. The molecule has 0 aliphatic rings. The summed E-state index contributed by atoms with van der Waals surface area (Å²) in [6.45, 7) is 1.63. The van der Waals surface area contributed by atoms with Crippen LogP contribution in [0.25, 0.3) is 0 Å². The van der Waals surface area contributed by atoms with Crippen LogP contribution in [0.2, 0.25) is 0 Å². The quantitative estimate of drug-likeness (QED) is 0.841. The molecule has 17 heavy (non-hydrogen) atoms. The number of hydrogen-bond donors (Lipinski definition) is 1. The molecule has 0 amide bonds. The molecule has 0 fully saturated rings. The minimum absolute atomic E-state index is 0.330. The summed E-state index contributed by atoms with van der Waals surface area (Å²) in [7, 11) is 0. The maximum absolute atomic E-state index is 13.1. The van der Waals surface area contributed by atoms with Crippen LogP contribution in [0.1, 0.15) is 24.4 Å². The number of furan rings is 1. The predicted molar refractivity (Wildman–Crippen MR) is 65.3 cm³/mol. The normalized spacial score (nSPS) is 12.6. The van der Waals surface area contributed by atoms with Crippen molar-refractivity contribution in [3.63, 3.8) is 0 Å². The molecule has 0 bridgehead atoms. The Balaban J connectivity index is 2.14. The molecular formula is C13H13FO2S. The lowest BCUT2D eigenvalue weighted by Crippen LogP contribution is -1.95. The lowest BCUT2D eigenvalue weighted by molar-refractivity contribution is 0.196. The molecule has 0 aliphatic carbocycles. The first kappa shape index (κ1) is 12.2. The van der Waals surface area contributed by atoms with Crippen LogP contribution in [0.5, 0.6) is 0 Å². The molecule has 4 heteroatoms. The monoisotopic (exact) mass is 252 g/mol. The maximum Gasteiger partial charge on any atom is 0.123 e. The highest BCUT2D eigenvalue weighted by Gasteiger charge is 2.10. The van der Waals surface area contributed by atoms with E-state index in [-0.39, 0.29) is 5.82 Å². The summed E-state index contributed by atoms with van der Waals surface area (Å²) in [4.78, 5) is 0.873. The Hall–Kier alpha value is -1.26. The van der Waals surface area contributed by atoms with Gasteiger partial charge in [-0.2, -0.15) is 0 Å². The van der Waals surface area contributed by atoms with Gasteiger partial charge in [-0.3, -0.25) is 0 Å². The molecule has 90 valence electrons. The van der Waals surface area contributed by atoms with E-state index in [0.717, 1.165) is 10.7 Å². The van der Waals surface area contributed by atoms with Crippen molar-refractivity contribution in [2.24, 2.45) is 0 Å². The molecule has 0 aliphatic heterocycles. The summed E-state index contributed by atoms with van der Waals surface area (Å²) in [5.41, 5.74) is 0.613. The van der Waals surface area contributed by atoms with E-state index in [1.165, 1.54) is 23.9 Å². The first-order valence-corrected chi connectivity index (χ1v) is 6.28. The second-order valence-corrected chi connectivity index (χ2v) is 4.74. The van der Waals surface area contributed by atoms with E-state index in [2.05, 4.69) is 0 Å². The summed E-state index contributed by atoms with van der Waals surface area (Å²) in [5.74, 6) is 1.19. The van der Waals surface area contributed by atoms with Gasteiger partial charge in [-0.15, -0.1) is 11.8 Å². The molecule has 1 aromatic carbocycles. The fourth-order valence-electron chi connectivity index (χ4n) is 1.52. The van der Waals surface area contributed by atoms with Crippen molar-refractivity contribution >= 4 is 11.8 Å². The van der Waals surface area contributed by atoms with Gasteiger partial charge in [0.1, 0.15) is 11.6 Å². The number of aliphatic hydroxyl groups is 1. The summed E-state index contributed by atoms with van der Waals surface area (Å²) < 4.78 is 18.3. The minimum atomic E-state index is -0.676. The van der Waals surface area contributed by atoms with E-state index < -0.39 is 6.10 Å². The average molecular weight is 252 g/mol. The van der Waals surface area contributed by atoms with Crippen LogP contribution in [0.4, 0.5) is 4.39 Å². The minimum Gasteiger partial charge on any atom is -0.468 e. The second kappa shape index (κ2) is 5.38. The molecule has 0 saturated heterocycles. The Morgan fingerprint density at radius 2 is 2.24 bits per heavy atom. The van der Waals surface area contributed by atoms with E-state index in [0.29, 0.717) is 11.3 Å². The number of rotatable bonds is 4. The fourth-order valence-corrected chi connectivity index (χ4v) is 2.54. The van der Waals surface area contributed by atoms with Gasteiger partial charge >= 0.3 is 0 Å². The average Bonchev–Trinajstić information content (AvgIpc) is 2.80. The van der Waals surface area contributed by atoms with Gasteiger partial charge in [0.05, 0.1) is 18.1 Å². The largest absolute Gasteiger partial charge is 0.468 e. The maximum atomic E-state index is 13.1. The molecule has 0 spiro atoms. The van der Waals surface area contributed by atoms with Crippen LogP contribution in [-0.2, 0) is 5.75 Å². The van der Waals surface area contributed by atoms with Gasteiger partial charge in [0.2, 0.25) is 0 Å². The van der Waals surface area contributed by atoms with Gasteiger partial charge in [0.15, 0.2) is 0 Å². The van der Waals surface area contributed by atoms with Crippen molar-refractivity contribution < 1.29 is 13.9 Å². The number of halogens is 1. The number of hydrogen-bond acceptors (Lipinski definition) is 3. The lowest BCUT2D eigenvalue weighted by Gasteiger charge is -2.11. The zero-order valence-corrected chi connectivity index (χ0v) is 10.2. The molecule has 2 rings (SSSR count). The van der Waals surface area contributed by atoms with Crippen LogP contribution in [0.15, 0.2) is 45.9 Å². The smallest absolute Gasteiger partial charge is 0.123 e. The van der Waals surface area contributed by atoms with Gasteiger partial charge in [-0.05, 0) is 42.8 Å². The van der Waals surface area contributed by atoms with Crippen LogP contribution >= 0.6 is 11.8 Å². The highest BCUT2D eigenvalue weighted by atomic mass is 32.2. The van der Waals surface area contributed by atoms with Gasteiger partial charge in [-0.25, -0.2) is 4.39 Å². The molecular weight excluding hydrogens is 239 g/mol. The summed E-state index contributed by atoms with van der Waals surface area (Å²) in [6.07, 6.45) is 0.945. The molecule has 0 radical (unpaired) electrons. The van der Waals surface area contributed by atoms with Crippen molar-refractivity contribution in [3.05, 3.63) is 53.7 Å². The van der Waals surface area contributed by atoms with Crippen LogP contribution in [0, 0.1) is 5.82 Å². The van der Waals surface area contributed by atoms with Crippen molar-refractivity contribution in [2.75, 3.05) is 0 Å². The second-order valence-electron chi connectivity index (χ2n) is 3.73. The third kappa shape index (κ3) is 3.11. The number of benzene rings is 1. The molecule has 1 atom stereocenters. The predicted octanol–water partition coefficient (Wildman–Crippen LogP) is 3.76. The Kier molecular flexibility index (Phi) is 3.86. The van der Waals surface area contributed by atoms with Gasteiger partial charge < -0.3 is 9.52 Å². The van der Waals surface area contributed by atoms with Crippen LogP contribution in [0.3, 0.4) is 0 Å². The lowest BCUT2D eigenvalue weighted by atomic mass is 10.1. The molecule has 1 aromatic heterocycles. The van der Waals surface area contributed by atoms with E-state index >= 15 is 0 Å². The van der Waals surface area contributed by atoms with Gasteiger partial charge in [0, 0.05) is 4.90 Å². The Bertz CT molecular complexity index is 480. The van der Waals surface area contributed by atoms with Crippen molar-refractivity contribution in [2.45, 2.75) is 23.7 Å². The molecule has 1 N–H and O–H groups in total. The van der Waals surface area contributed by atoms with Gasteiger partial charge in [-0.1, -0.05) is 0 Å². The highest BCUT2D eigenvalue weighted by molar-refractivity contribution is 7.98. The molecule has 0 saturated carbocycles. The summed E-state index contributed by atoms with van der Waals surface area (Å²) in [6, 6.07) is 8.17. The van der Waals surface area contributed by atoms with Crippen molar-refractivity contribution in [3.8, 4) is 0 Å². The third-order valence-corrected chi connectivity index (χ3v) is 3.48. The van der Waals surface area contributed by atoms with E-state index in [4.69, 9.17) is 4.42 Å². The molecule has 1 heterocycles. The highest BCUT2D eigenvalue weighted by Crippen LogP contribution is 2.30. The van der Waals surface area contributed by atoms with Gasteiger partial charge in [0.25, 0.3) is 0 Å². The zero-order chi connectivity index (χ0) is 12.3. The zero-order valence-electron chi connectivity index (χ0n) is 9.39. The van der Waals surface area contributed by atoms with Crippen LogP contribution in [-0.4, -0.2) is 5.11 Å². The first-order valence-electron chi connectivity index (χ1n) is 5.29. The van der Waals surface area contributed by atoms with Crippen molar-refractivity contribution in [1.82, 2.24) is 0 Å². The van der Waals surface area contributed by atoms with Crippen LogP contribution < -0.4 is 0 Å². The van der Waals surface area contributed by atoms with Crippen molar-refractivity contribution in [1.29, 1.82) is 0 Å². The van der Waals surface area contributed by atoms with E-state index in [1.54, 1.807) is 19.3 Å². The Labute approximate surface area is 103 Å². The Morgan fingerprint density at radius 3 is 2.88 bits per heavy atom. The summed E-state index contributed by atoms with van der Waals surface area (Å²) >= 11 is 1.52. The fraction of sp³-hybridized carbons (Fsp3) is 0.231. The van der Waals surface area contributed by atoms with E-state index in [1.807, 2.05) is 12.1 Å². The third-order valence-electron chi connectivity index (χ3n) is 2.37. The standard InChI is InChI=1S/C13H13FO2S/c1-9(15)12-7-10(14)4-5-13(12)17-8-11-3-2-6-16-11/h2-7,9,15H,8H2,1H3. The molecule has 1 unspecified atom stereocenters. The molecule has 2 nitrogen and oxygen atoms in total. The topological polar surface area (TPSA) is 33.4 Å². The Morgan fingerprint density at radius 1 is 1.41 bits per heavy atom. The summed E-state index contributed by atoms with van der Waals surface area (Å²) in [5, 5.41) is 9.58. The number of thioether (sulfide) groups is 1.